The van der Waals surface area contributed by atoms with Gasteiger partial charge in [-0.1, -0.05) is 140 Å². The molecule has 0 N–H and O–H groups in total. The molecular weight excluding hydrogens is 653 g/mol. The lowest BCUT2D eigenvalue weighted by Crippen LogP contribution is -1.94. The summed E-state index contributed by atoms with van der Waals surface area (Å²) in [5, 5.41) is 7.52. The van der Waals surface area contributed by atoms with E-state index in [-0.39, 0.29) is 0 Å². The van der Waals surface area contributed by atoms with Gasteiger partial charge in [0.2, 0.25) is 0 Å². The van der Waals surface area contributed by atoms with E-state index in [1.165, 1.54) is 87.8 Å². The summed E-state index contributed by atoms with van der Waals surface area (Å²) in [5.41, 5.74) is 14.3. The van der Waals surface area contributed by atoms with Crippen molar-refractivity contribution in [3.05, 3.63) is 206 Å². The molecular formula is C52H34N2. The van der Waals surface area contributed by atoms with Crippen LogP contribution < -0.4 is 0 Å². The van der Waals surface area contributed by atoms with Crippen LogP contribution in [0.15, 0.2) is 206 Å². The summed E-state index contributed by atoms with van der Waals surface area (Å²) in [6.45, 7) is 0. The third-order valence-electron chi connectivity index (χ3n) is 11.1. The Bertz CT molecular complexity index is 3020. The SMILES string of the molecule is c1ccc(-n2c3ccccc3c3ccc(-c4cc(-c5ccc6c7ccccc7n(-c7ccccc7)c6c5)cc(-c5cccc6ccccc56)c4)cc32)cc1. The van der Waals surface area contributed by atoms with Crippen molar-refractivity contribution in [2.24, 2.45) is 0 Å². The van der Waals surface area contributed by atoms with E-state index in [1.807, 2.05) is 0 Å². The molecule has 2 nitrogen and oxygen atoms in total. The summed E-state index contributed by atoms with van der Waals surface area (Å²) in [6.07, 6.45) is 0. The number of fused-ring (bicyclic) bond motifs is 7. The molecule has 2 heteroatoms. The molecule has 0 spiro atoms. The summed E-state index contributed by atoms with van der Waals surface area (Å²) in [5.74, 6) is 0. The van der Waals surface area contributed by atoms with Gasteiger partial charge in [-0.25, -0.2) is 0 Å². The average Bonchev–Trinajstić information content (AvgIpc) is 3.76. The van der Waals surface area contributed by atoms with Crippen molar-refractivity contribution in [1.82, 2.24) is 9.13 Å². The van der Waals surface area contributed by atoms with E-state index >= 15 is 0 Å². The first kappa shape index (κ1) is 30.5. The molecule has 9 aromatic carbocycles. The van der Waals surface area contributed by atoms with Gasteiger partial charge in [-0.05, 0) is 111 Å². The molecule has 0 aliphatic carbocycles. The van der Waals surface area contributed by atoms with Crippen LogP contribution in [0.5, 0.6) is 0 Å². The van der Waals surface area contributed by atoms with E-state index in [0.717, 1.165) is 11.4 Å². The maximum Gasteiger partial charge on any atom is 0.0547 e. The Balaban J connectivity index is 1.17. The Morgan fingerprint density at radius 2 is 0.667 bits per heavy atom. The van der Waals surface area contributed by atoms with Crippen molar-refractivity contribution in [3.8, 4) is 44.8 Å². The second-order valence-electron chi connectivity index (χ2n) is 14.2. The normalized spacial score (nSPS) is 11.7. The Morgan fingerprint density at radius 1 is 0.241 bits per heavy atom. The van der Waals surface area contributed by atoms with Gasteiger partial charge in [0.25, 0.3) is 0 Å². The van der Waals surface area contributed by atoms with E-state index in [9.17, 15) is 0 Å². The zero-order valence-corrected chi connectivity index (χ0v) is 29.5. The number of benzene rings is 9. The summed E-state index contributed by atoms with van der Waals surface area (Å²) in [4.78, 5) is 0. The minimum absolute atomic E-state index is 1.16. The molecule has 0 saturated heterocycles. The average molecular weight is 687 g/mol. The van der Waals surface area contributed by atoms with Crippen LogP contribution in [0.25, 0.3) is 99.1 Å². The second-order valence-corrected chi connectivity index (χ2v) is 14.2. The molecule has 0 fully saturated rings. The molecule has 0 aliphatic rings. The lowest BCUT2D eigenvalue weighted by atomic mass is 9.91. The van der Waals surface area contributed by atoms with Crippen LogP contribution >= 0.6 is 0 Å². The van der Waals surface area contributed by atoms with Gasteiger partial charge < -0.3 is 9.13 Å². The van der Waals surface area contributed by atoms with Crippen LogP contribution in [0.4, 0.5) is 0 Å². The topological polar surface area (TPSA) is 9.86 Å². The number of rotatable bonds is 5. The fourth-order valence-electron chi connectivity index (χ4n) is 8.60. The number of para-hydroxylation sites is 4. The molecule has 11 aromatic rings. The predicted molar refractivity (Wildman–Crippen MR) is 229 cm³/mol. The molecule has 252 valence electrons. The fraction of sp³-hybridized carbons (Fsp3) is 0. The van der Waals surface area contributed by atoms with E-state index in [0.29, 0.717) is 0 Å². The lowest BCUT2D eigenvalue weighted by Gasteiger charge is -2.14. The summed E-state index contributed by atoms with van der Waals surface area (Å²) < 4.78 is 4.81. The Morgan fingerprint density at radius 3 is 1.22 bits per heavy atom. The number of hydrogen-bond acceptors (Lipinski definition) is 0. The van der Waals surface area contributed by atoms with Crippen molar-refractivity contribution in [2.45, 2.75) is 0 Å². The highest BCUT2D eigenvalue weighted by atomic mass is 15.0. The molecule has 0 aliphatic heterocycles. The maximum absolute atomic E-state index is 2.40. The van der Waals surface area contributed by atoms with Crippen LogP contribution in [0.2, 0.25) is 0 Å². The summed E-state index contributed by atoms with van der Waals surface area (Å²) >= 11 is 0. The van der Waals surface area contributed by atoms with Crippen molar-refractivity contribution in [1.29, 1.82) is 0 Å². The maximum atomic E-state index is 2.40. The largest absolute Gasteiger partial charge is 0.309 e. The molecule has 0 atom stereocenters. The van der Waals surface area contributed by atoms with Gasteiger partial charge in [0.15, 0.2) is 0 Å². The molecule has 0 saturated carbocycles. The van der Waals surface area contributed by atoms with E-state index in [1.54, 1.807) is 0 Å². The molecule has 2 aromatic heterocycles. The quantitative estimate of drug-likeness (QED) is 0.171. The smallest absolute Gasteiger partial charge is 0.0547 e. The molecule has 0 amide bonds. The van der Waals surface area contributed by atoms with Gasteiger partial charge in [0.1, 0.15) is 0 Å². The highest BCUT2D eigenvalue weighted by molar-refractivity contribution is 6.12. The van der Waals surface area contributed by atoms with Crippen LogP contribution in [-0.4, -0.2) is 9.13 Å². The fourth-order valence-corrected chi connectivity index (χ4v) is 8.60. The first-order valence-electron chi connectivity index (χ1n) is 18.6. The third-order valence-corrected chi connectivity index (χ3v) is 11.1. The van der Waals surface area contributed by atoms with Gasteiger partial charge in [0.05, 0.1) is 22.1 Å². The Labute approximate surface area is 313 Å². The van der Waals surface area contributed by atoms with E-state index in [4.69, 9.17) is 0 Å². The molecule has 0 unspecified atom stereocenters. The third kappa shape index (κ3) is 4.81. The van der Waals surface area contributed by atoms with Gasteiger partial charge in [0, 0.05) is 32.9 Å². The monoisotopic (exact) mass is 686 g/mol. The highest BCUT2D eigenvalue weighted by Crippen LogP contribution is 2.41. The van der Waals surface area contributed by atoms with Crippen molar-refractivity contribution < 1.29 is 0 Å². The molecule has 2 heterocycles. The zero-order chi connectivity index (χ0) is 35.6. The Kier molecular flexibility index (Phi) is 6.90. The van der Waals surface area contributed by atoms with Gasteiger partial charge >= 0.3 is 0 Å². The number of aromatic nitrogens is 2. The van der Waals surface area contributed by atoms with Gasteiger partial charge in [-0.2, -0.15) is 0 Å². The summed E-state index contributed by atoms with van der Waals surface area (Å²) in [7, 11) is 0. The van der Waals surface area contributed by atoms with Crippen LogP contribution in [0.1, 0.15) is 0 Å². The first-order valence-corrected chi connectivity index (χ1v) is 18.6. The zero-order valence-electron chi connectivity index (χ0n) is 29.5. The standard InChI is InChI=1S/C52H34N2/c1-3-16-41(17-4-1)53-49-24-11-9-21-45(49)47-28-26-36(33-51(47)53)38-30-39(32-40(31-38)44-23-13-15-35-14-7-8-20-43(35)44)37-27-29-48-46-22-10-12-25-50(46)54(52(48)34-37)42-18-5-2-6-19-42/h1-34H. The van der Waals surface area contributed by atoms with Crippen LogP contribution in [0.3, 0.4) is 0 Å². The molecule has 0 bridgehead atoms. The molecule has 11 rings (SSSR count). The van der Waals surface area contributed by atoms with Gasteiger partial charge in [-0.15, -0.1) is 0 Å². The predicted octanol–water partition coefficient (Wildman–Crippen LogP) is 14.0. The van der Waals surface area contributed by atoms with Crippen LogP contribution in [-0.2, 0) is 0 Å². The van der Waals surface area contributed by atoms with Crippen molar-refractivity contribution >= 4 is 54.4 Å². The van der Waals surface area contributed by atoms with Crippen molar-refractivity contribution in [3.63, 3.8) is 0 Å². The molecule has 54 heavy (non-hydrogen) atoms. The molecule has 0 radical (unpaired) electrons. The van der Waals surface area contributed by atoms with Crippen molar-refractivity contribution in [2.75, 3.05) is 0 Å². The highest BCUT2D eigenvalue weighted by Gasteiger charge is 2.17. The minimum atomic E-state index is 1.16. The van der Waals surface area contributed by atoms with E-state index < -0.39 is 0 Å². The number of hydrogen-bond donors (Lipinski definition) is 0. The van der Waals surface area contributed by atoms with E-state index in [2.05, 4.69) is 215 Å². The lowest BCUT2D eigenvalue weighted by molar-refractivity contribution is 1.18. The first-order chi connectivity index (χ1) is 26.8. The Hall–Kier alpha value is -7.16. The number of nitrogens with zero attached hydrogens (tertiary/aromatic N) is 2. The second kappa shape index (κ2) is 12.2. The van der Waals surface area contributed by atoms with Gasteiger partial charge in [-0.3, -0.25) is 0 Å². The summed E-state index contributed by atoms with van der Waals surface area (Å²) in [6, 6.07) is 75.4. The van der Waals surface area contributed by atoms with Crippen LogP contribution in [0, 0.1) is 0 Å². The minimum Gasteiger partial charge on any atom is -0.309 e.